The molecule has 0 aliphatic carbocycles. The van der Waals surface area contributed by atoms with Gasteiger partial charge >= 0.3 is 0 Å². The number of anilines is 2. The summed E-state index contributed by atoms with van der Waals surface area (Å²) in [6.07, 6.45) is -0.901. The third-order valence-corrected chi connectivity index (χ3v) is 6.81. The van der Waals surface area contributed by atoms with Gasteiger partial charge in [0.25, 0.3) is 15.9 Å². The normalized spacial score (nSPS) is 15.2. The lowest BCUT2D eigenvalue weighted by Gasteiger charge is -2.27. The third kappa shape index (κ3) is 4.20. The van der Waals surface area contributed by atoms with Gasteiger partial charge in [0.15, 0.2) is 11.5 Å². The highest BCUT2D eigenvalue weighted by molar-refractivity contribution is 7.93. The smallest absolute Gasteiger partial charge is 0.269 e. The summed E-state index contributed by atoms with van der Waals surface area (Å²) in [6.45, 7) is 2.03. The van der Waals surface area contributed by atoms with Crippen molar-refractivity contribution in [2.75, 3.05) is 22.8 Å². The summed E-state index contributed by atoms with van der Waals surface area (Å²) in [5.41, 5.74) is 0.732. The molecule has 4 rings (SSSR count). The molecule has 1 atom stereocenters. The Morgan fingerprint density at radius 1 is 0.968 bits per heavy atom. The Balaban J connectivity index is 1.60. The molecule has 7 nitrogen and oxygen atoms in total. The molecule has 1 aliphatic heterocycles. The minimum absolute atomic E-state index is 0.00572. The number of carbonyl (C=O) groups excluding carboxylic acids is 1. The molecular weight excluding hydrogens is 416 g/mol. The van der Waals surface area contributed by atoms with Crippen LogP contribution in [-0.2, 0) is 14.8 Å². The van der Waals surface area contributed by atoms with E-state index in [-0.39, 0.29) is 23.7 Å². The van der Waals surface area contributed by atoms with E-state index in [0.717, 1.165) is 0 Å². The second-order valence-electron chi connectivity index (χ2n) is 6.85. The first kappa shape index (κ1) is 20.7. The lowest BCUT2D eigenvalue weighted by molar-refractivity contribution is -0.125. The van der Waals surface area contributed by atoms with Crippen LogP contribution in [0.5, 0.6) is 11.5 Å². The van der Waals surface area contributed by atoms with Crippen molar-refractivity contribution in [3.05, 3.63) is 78.9 Å². The van der Waals surface area contributed by atoms with Crippen molar-refractivity contribution in [1.29, 1.82) is 0 Å². The van der Waals surface area contributed by atoms with Gasteiger partial charge in [0, 0.05) is 6.54 Å². The first-order valence-electron chi connectivity index (χ1n) is 9.87. The quantitative estimate of drug-likeness (QED) is 0.635. The Labute approximate surface area is 181 Å². The Kier molecular flexibility index (Phi) is 5.81. The van der Waals surface area contributed by atoms with Crippen molar-refractivity contribution < 1.29 is 22.7 Å². The fourth-order valence-electron chi connectivity index (χ4n) is 3.36. The molecule has 1 heterocycles. The van der Waals surface area contributed by atoms with Gasteiger partial charge in [-0.05, 0) is 43.3 Å². The SMILES string of the molecule is CCN(c1ccccc1)S(=O)(=O)c1ccccc1NC(=O)C1COc2ccccc2O1. The molecule has 3 aromatic carbocycles. The van der Waals surface area contributed by atoms with E-state index in [4.69, 9.17) is 9.47 Å². The van der Waals surface area contributed by atoms with Gasteiger partial charge in [0.1, 0.15) is 11.5 Å². The monoisotopic (exact) mass is 438 g/mol. The van der Waals surface area contributed by atoms with Crippen molar-refractivity contribution in [2.24, 2.45) is 0 Å². The molecule has 31 heavy (non-hydrogen) atoms. The van der Waals surface area contributed by atoms with Crippen LogP contribution in [0.3, 0.4) is 0 Å². The van der Waals surface area contributed by atoms with Crippen LogP contribution in [0, 0.1) is 0 Å². The number of nitrogens with one attached hydrogen (secondary N) is 1. The van der Waals surface area contributed by atoms with E-state index in [1.807, 2.05) is 12.1 Å². The lowest BCUT2D eigenvalue weighted by Crippen LogP contribution is -2.40. The summed E-state index contributed by atoms with van der Waals surface area (Å²) in [5, 5.41) is 2.70. The number of benzene rings is 3. The summed E-state index contributed by atoms with van der Waals surface area (Å²) in [5.74, 6) is 0.548. The number of hydrogen-bond acceptors (Lipinski definition) is 5. The van der Waals surface area contributed by atoms with Gasteiger partial charge in [-0.2, -0.15) is 0 Å². The van der Waals surface area contributed by atoms with Gasteiger partial charge < -0.3 is 14.8 Å². The number of fused-ring (bicyclic) bond motifs is 1. The molecule has 0 fully saturated rings. The zero-order valence-electron chi connectivity index (χ0n) is 16.9. The van der Waals surface area contributed by atoms with Gasteiger partial charge in [0.2, 0.25) is 6.10 Å². The van der Waals surface area contributed by atoms with Crippen molar-refractivity contribution >= 4 is 27.3 Å². The number of para-hydroxylation sites is 4. The number of sulfonamides is 1. The summed E-state index contributed by atoms with van der Waals surface area (Å²) < 4.78 is 39.5. The van der Waals surface area contributed by atoms with Crippen molar-refractivity contribution in [1.82, 2.24) is 0 Å². The standard InChI is InChI=1S/C23H22N2O5S/c1-2-25(17-10-4-3-5-11-17)31(27,28)22-15-9-6-12-18(22)24-23(26)21-16-29-19-13-7-8-14-20(19)30-21/h3-15,21H,2,16H2,1H3,(H,24,26). The average Bonchev–Trinajstić information content (AvgIpc) is 2.80. The predicted molar refractivity (Wildman–Crippen MR) is 118 cm³/mol. The first-order chi connectivity index (χ1) is 15.0. The summed E-state index contributed by atoms with van der Waals surface area (Å²) in [6, 6.07) is 22.2. The maximum Gasteiger partial charge on any atom is 0.269 e. The van der Waals surface area contributed by atoms with Crippen LogP contribution in [0.2, 0.25) is 0 Å². The Hall–Kier alpha value is -3.52. The number of rotatable bonds is 6. The molecule has 0 saturated heterocycles. The molecule has 0 radical (unpaired) electrons. The van der Waals surface area contributed by atoms with Crippen LogP contribution in [0.25, 0.3) is 0 Å². The van der Waals surface area contributed by atoms with Crippen LogP contribution in [0.1, 0.15) is 6.92 Å². The van der Waals surface area contributed by atoms with Gasteiger partial charge in [-0.1, -0.05) is 42.5 Å². The Bertz CT molecular complexity index is 1180. The molecule has 3 aromatic rings. The molecule has 8 heteroatoms. The summed E-state index contributed by atoms with van der Waals surface area (Å²) >= 11 is 0. The summed E-state index contributed by atoms with van der Waals surface area (Å²) in [7, 11) is -3.91. The minimum Gasteiger partial charge on any atom is -0.485 e. The van der Waals surface area contributed by atoms with Crippen molar-refractivity contribution in [3.8, 4) is 11.5 Å². The van der Waals surface area contributed by atoms with Gasteiger partial charge in [-0.3, -0.25) is 9.10 Å². The van der Waals surface area contributed by atoms with Crippen LogP contribution in [0.15, 0.2) is 83.8 Å². The fraction of sp³-hybridized carbons (Fsp3) is 0.174. The molecule has 0 aromatic heterocycles. The van der Waals surface area contributed by atoms with E-state index in [1.165, 1.54) is 10.4 Å². The highest BCUT2D eigenvalue weighted by Gasteiger charge is 2.30. The average molecular weight is 439 g/mol. The zero-order valence-corrected chi connectivity index (χ0v) is 17.7. The van der Waals surface area contributed by atoms with Crippen LogP contribution < -0.4 is 19.1 Å². The molecule has 1 N–H and O–H groups in total. The zero-order chi connectivity index (χ0) is 21.8. The van der Waals surface area contributed by atoms with Crippen molar-refractivity contribution in [2.45, 2.75) is 17.9 Å². The molecule has 1 unspecified atom stereocenters. The highest BCUT2D eigenvalue weighted by Crippen LogP contribution is 2.32. The van der Waals surface area contributed by atoms with E-state index >= 15 is 0 Å². The van der Waals surface area contributed by atoms with Crippen LogP contribution >= 0.6 is 0 Å². The first-order valence-corrected chi connectivity index (χ1v) is 11.3. The number of hydrogen-bond donors (Lipinski definition) is 1. The van der Waals surface area contributed by atoms with E-state index in [0.29, 0.717) is 17.2 Å². The Morgan fingerprint density at radius 2 is 1.61 bits per heavy atom. The van der Waals surface area contributed by atoms with Gasteiger partial charge in [0.05, 0.1) is 11.4 Å². The molecule has 0 bridgehead atoms. The number of amides is 1. The fourth-order valence-corrected chi connectivity index (χ4v) is 4.99. The number of carbonyl (C=O) groups is 1. The second kappa shape index (κ2) is 8.69. The highest BCUT2D eigenvalue weighted by atomic mass is 32.2. The topological polar surface area (TPSA) is 84.9 Å². The minimum atomic E-state index is -3.91. The molecule has 0 saturated carbocycles. The van der Waals surface area contributed by atoms with E-state index < -0.39 is 22.0 Å². The largest absolute Gasteiger partial charge is 0.485 e. The molecular formula is C23H22N2O5S. The van der Waals surface area contributed by atoms with E-state index in [2.05, 4.69) is 5.32 Å². The summed E-state index contributed by atoms with van der Waals surface area (Å²) in [4.78, 5) is 12.8. The molecule has 160 valence electrons. The molecule has 0 spiro atoms. The maximum absolute atomic E-state index is 13.4. The van der Waals surface area contributed by atoms with Gasteiger partial charge in [-0.25, -0.2) is 8.42 Å². The van der Waals surface area contributed by atoms with Crippen LogP contribution in [0.4, 0.5) is 11.4 Å². The van der Waals surface area contributed by atoms with E-state index in [1.54, 1.807) is 67.6 Å². The third-order valence-electron chi connectivity index (χ3n) is 4.85. The van der Waals surface area contributed by atoms with Crippen molar-refractivity contribution in [3.63, 3.8) is 0 Å². The molecule has 1 amide bonds. The maximum atomic E-state index is 13.4. The van der Waals surface area contributed by atoms with E-state index in [9.17, 15) is 13.2 Å². The lowest BCUT2D eigenvalue weighted by atomic mass is 10.2. The Morgan fingerprint density at radius 3 is 2.35 bits per heavy atom. The molecule has 1 aliphatic rings. The predicted octanol–water partition coefficient (Wildman–Crippen LogP) is 3.68. The van der Waals surface area contributed by atoms with Gasteiger partial charge in [-0.15, -0.1) is 0 Å². The second-order valence-corrected chi connectivity index (χ2v) is 8.69. The number of nitrogens with zero attached hydrogens (tertiary/aromatic N) is 1. The van der Waals surface area contributed by atoms with Crippen LogP contribution in [-0.4, -0.2) is 33.6 Å². The number of ether oxygens (including phenoxy) is 2.